The molecule has 106 valence electrons. The molecule has 0 saturated carbocycles. The Hall–Kier alpha value is -0.420. The van der Waals surface area contributed by atoms with E-state index in [9.17, 15) is 0 Å². The number of ether oxygens (including phenoxy) is 1. The van der Waals surface area contributed by atoms with Crippen molar-refractivity contribution in [2.45, 2.75) is 31.9 Å². The fourth-order valence-electron chi connectivity index (χ4n) is 2.53. The van der Waals surface area contributed by atoms with Crippen LogP contribution >= 0.6 is 15.9 Å². The number of rotatable bonds is 5. The Morgan fingerprint density at radius 2 is 2.16 bits per heavy atom. The molecule has 1 aliphatic heterocycles. The second-order valence-corrected chi connectivity index (χ2v) is 6.12. The molecule has 1 aromatic rings. The van der Waals surface area contributed by atoms with Crippen LogP contribution in [0.5, 0.6) is 0 Å². The lowest BCUT2D eigenvalue weighted by atomic mass is 10.0. The lowest BCUT2D eigenvalue weighted by Crippen LogP contribution is -2.51. The van der Waals surface area contributed by atoms with Crippen LogP contribution in [0, 0.1) is 0 Å². The van der Waals surface area contributed by atoms with E-state index in [-0.39, 0.29) is 12.1 Å². The summed E-state index contributed by atoms with van der Waals surface area (Å²) in [7, 11) is 0. The van der Waals surface area contributed by atoms with Crippen LogP contribution in [0.1, 0.15) is 18.9 Å². The molecule has 0 bridgehead atoms. The standard InChI is InChI=1S/C15H23BrN2O/c1-2-7-18-8-9-19-15(11-18)14(17)10-12-3-5-13(16)6-4-12/h3-6,14-15H,2,7-11,17H2,1H3. The molecular formula is C15H23BrN2O. The fourth-order valence-corrected chi connectivity index (χ4v) is 2.80. The molecule has 1 fully saturated rings. The molecule has 1 heterocycles. The highest BCUT2D eigenvalue weighted by molar-refractivity contribution is 9.10. The topological polar surface area (TPSA) is 38.5 Å². The minimum absolute atomic E-state index is 0.0702. The largest absolute Gasteiger partial charge is 0.374 e. The first-order chi connectivity index (χ1) is 9.19. The van der Waals surface area contributed by atoms with Crippen molar-refractivity contribution in [3.63, 3.8) is 0 Å². The van der Waals surface area contributed by atoms with Gasteiger partial charge < -0.3 is 10.5 Å². The minimum atomic E-state index is 0.0702. The molecule has 3 nitrogen and oxygen atoms in total. The Morgan fingerprint density at radius 3 is 2.84 bits per heavy atom. The summed E-state index contributed by atoms with van der Waals surface area (Å²) in [6.07, 6.45) is 2.22. The predicted octanol–water partition coefficient (Wildman–Crippen LogP) is 2.43. The van der Waals surface area contributed by atoms with E-state index in [2.05, 4.69) is 52.0 Å². The zero-order valence-electron chi connectivity index (χ0n) is 11.5. The zero-order valence-corrected chi connectivity index (χ0v) is 13.1. The molecule has 4 heteroatoms. The Morgan fingerprint density at radius 1 is 1.42 bits per heavy atom. The van der Waals surface area contributed by atoms with Crippen molar-refractivity contribution in [3.05, 3.63) is 34.3 Å². The van der Waals surface area contributed by atoms with Gasteiger partial charge in [0, 0.05) is 23.6 Å². The van der Waals surface area contributed by atoms with Crippen molar-refractivity contribution < 1.29 is 4.74 Å². The van der Waals surface area contributed by atoms with Gasteiger partial charge in [0.15, 0.2) is 0 Å². The van der Waals surface area contributed by atoms with Crippen LogP contribution in [-0.4, -0.2) is 43.3 Å². The van der Waals surface area contributed by atoms with Crippen molar-refractivity contribution in [1.82, 2.24) is 4.90 Å². The van der Waals surface area contributed by atoms with Crippen LogP contribution in [0.2, 0.25) is 0 Å². The van der Waals surface area contributed by atoms with Crippen LogP contribution in [0.4, 0.5) is 0 Å². The van der Waals surface area contributed by atoms with Gasteiger partial charge in [-0.2, -0.15) is 0 Å². The van der Waals surface area contributed by atoms with Crippen molar-refractivity contribution in [1.29, 1.82) is 0 Å². The van der Waals surface area contributed by atoms with Gasteiger partial charge in [0.05, 0.1) is 12.7 Å². The van der Waals surface area contributed by atoms with E-state index in [0.29, 0.717) is 0 Å². The van der Waals surface area contributed by atoms with Gasteiger partial charge in [-0.3, -0.25) is 4.90 Å². The zero-order chi connectivity index (χ0) is 13.7. The normalized spacial score (nSPS) is 22.4. The maximum Gasteiger partial charge on any atom is 0.0856 e. The third-order valence-corrected chi connectivity index (χ3v) is 4.11. The monoisotopic (exact) mass is 326 g/mol. The lowest BCUT2D eigenvalue weighted by Gasteiger charge is -2.35. The molecular weight excluding hydrogens is 304 g/mol. The third kappa shape index (κ3) is 4.56. The maximum atomic E-state index is 6.31. The summed E-state index contributed by atoms with van der Waals surface area (Å²) in [6.45, 7) is 6.16. The van der Waals surface area contributed by atoms with Crippen LogP contribution in [0.3, 0.4) is 0 Å². The van der Waals surface area contributed by atoms with E-state index < -0.39 is 0 Å². The lowest BCUT2D eigenvalue weighted by molar-refractivity contribution is -0.0400. The Bertz CT molecular complexity index is 380. The molecule has 0 aromatic heterocycles. The fraction of sp³-hybridized carbons (Fsp3) is 0.600. The summed E-state index contributed by atoms with van der Waals surface area (Å²) in [6, 6.07) is 8.44. The first-order valence-electron chi connectivity index (χ1n) is 7.03. The van der Waals surface area contributed by atoms with Gasteiger partial charge in [-0.15, -0.1) is 0 Å². The first-order valence-corrected chi connectivity index (χ1v) is 7.82. The van der Waals surface area contributed by atoms with E-state index in [0.717, 1.165) is 37.1 Å². The Kier molecular flexibility index (Phi) is 5.82. The average Bonchev–Trinajstić information content (AvgIpc) is 2.42. The van der Waals surface area contributed by atoms with Crippen LogP contribution in [0.25, 0.3) is 0 Å². The van der Waals surface area contributed by atoms with Crippen molar-refractivity contribution in [2.75, 3.05) is 26.2 Å². The van der Waals surface area contributed by atoms with Gasteiger partial charge in [-0.1, -0.05) is 35.0 Å². The third-order valence-electron chi connectivity index (χ3n) is 3.58. The van der Waals surface area contributed by atoms with Gasteiger partial charge in [-0.25, -0.2) is 0 Å². The van der Waals surface area contributed by atoms with E-state index >= 15 is 0 Å². The smallest absolute Gasteiger partial charge is 0.0856 e. The molecule has 1 saturated heterocycles. The number of hydrogen-bond donors (Lipinski definition) is 1. The van der Waals surface area contributed by atoms with Gasteiger partial charge in [0.1, 0.15) is 0 Å². The predicted molar refractivity (Wildman–Crippen MR) is 82.3 cm³/mol. The average molecular weight is 327 g/mol. The molecule has 0 radical (unpaired) electrons. The highest BCUT2D eigenvalue weighted by Crippen LogP contribution is 2.15. The van der Waals surface area contributed by atoms with Crippen molar-refractivity contribution in [2.24, 2.45) is 5.73 Å². The highest BCUT2D eigenvalue weighted by atomic mass is 79.9. The summed E-state index contributed by atoms with van der Waals surface area (Å²) < 4.78 is 6.94. The van der Waals surface area contributed by atoms with E-state index in [1.165, 1.54) is 12.0 Å². The number of nitrogens with zero attached hydrogens (tertiary/aromatic N) is 1. The van der Waals surface area contributed by atoms with E-state index in [4.69, 9.17) is 10.5 Å². The summed E-state index contributed by atoms with van der Waals surface area (Å²) in [5.41, 5.74) is 7.58. The van der Waals surface area contributed by atoms with Crippen LogP contribution < -0.4 is 5.73 Å². The molecule has 1 aliphatic rings. The second kappa shape index (κ2) is 7.39. The SMILES string of the molecule is CCCN1CCOC(C(N)Cc2ccc(Br)cc2)C1. The van der Waals surface area contributed by atoms with Gasteiger partial charge in [0.2, 0.25) is 0 Å². The van der Waals surface area contributed by atoms with Gasteiger partial charge >= 0.3 is 0 Å². The molecule has 2 atom stereocenters. The number of morpholine rings is 1. The van der Waals surface area contributed by atoms with Crippen molar-refractivity contribution >= 4 is 15.9 Å². The molecule has 0 aliphatic carbocycles. The molecule has 0 spiro atoms. The van der Waals surface area contributed by atoms with Crippen LogP contribution in [0.15, 0.2) is 28.7 Å². The molecule has 2 N–H and O–H groups in total. The molecule has 2 rings (SSSR count). The number of nitrogens with two attached hydrogens (primary N) is 1. The van der Waals surface area contributed by atoms with Gasteiger partial charge in [-0.05, 0) is 37.1 Å². The van der Waals surface area contributed by atoms with Gasteiger partial charge in [0.25, 0.3) is 0 Å². The number of halogens is 1. The summed E-state index contributed by atoms with van der Waals surface area (Å²) in [4.78, 5) is 2.45. The van der Waals surface area contributed by atoms with Crippen molar-refractivity contribution in [3.8, 4) is 0 Å². The summed E-state index contributed by atoms with van der Waals surface area (Å²) >= 11 is 3.45. The van der Waals surface area contributed by atoms with Crippen LogP contribution in [-0.2, 0) is 11.2 Å². The Labute approximate surface area is 124 Å². The number of hydrogen-bond acceptors (Lipinski definition) is 3. The molecule has 19 heavy (non-hydrogen) atoms. The minimum Gasteiger partial charge on any atom is -0.374 e. The highest BCUT2D eigenvalue weighted by Gasteiger charge is 2.25. The second-order valence-electron chi connectivity index (χ2n) is 5.20. The first kappa shape index (κ1) is 15.0. The maximum absolute atomic E-state index is 6.31. The van der Waals surface area contributed by atoms with E-state index in [1.807, 2.05) is 0 Å². The summed E-state index contributed by atoms with van der Waals surface area (Å²) in [5, 5.41) is 0. The molecule has 2 unspecified atom stereocenters. The Balaban J connectivity index is 1.88. The number of benzene rings is 1. The van der Waals surface area contributed by atoms with E-state index in [1.54, 1.807) is 0 Å². The molecule has 1 aromatic carbocycles. The quantitative estimate of drug-likeness (QED) is 0.903. The molecule has 0 amide bonds. The summed E-state index contributed by atoms with van der Waals surface area (Å²) in [5.74, 6) is 0.